The third kappa shape index (κ3) is 4.05. The number of halogens is 5. The number of aromatic nitrogens is 1. The summed E-state index contributed by atoms with van der Waals surface area (Å²) in [6.07, 6.45) is -4.61. The van der Waals surface area contributed by atoms with Crippen molar-refractivity contribution in [1.29, 1.82) is 0 Å². The number of fused-ring (bicyclic) bond motifs is 1. The van der Waals surface area contributed by atoms with Gasteiger partial charge in [0, 0.05) is 22.8 Å². The summed E-state index contributed by atoms with van der Waals surface area (Å²) in [4.78, 5) is 17.1. The molecule has 1 N–H and O–H groups in total. The number of benzene rings is 1. The van der Waals surface area contributed by atoms with Crippen LogP contribution in [0.1, 0.15) is 17.3 Å². The van der Waals surface area contributed by atoms with Crippen molar-refractivity contribution < 1.29 is 18.0 Å². The molecule has 1 atom stereocenters. The second-order valence-corrected chi connectivity index (χ2v) is 6.40. The van der Waals surface area contributed by atoms with Crippen LogP contribution in [0.25, 0.3) is 0 Å². The van der Waals surface area contributed by atoms with Crippen LogP contribution in [0.4, 0.5) is 18.9 Å². The molecule has 0 radical (unpaired) electrons. The van der Waals surface area contributed by atoms with Gasteiger partial charge in [0.25, 0.3) is 0 Å². The lowest BCUT2D eigenvalue weighted by Gasteiger charge is -2.31. The molecule has 132 valence electrons. The molecule has 2 heterocycles. The lowest BCUT2D eigenvalue weighted by Crippen LogP contribution is -2.40. The van der Waals surface area contributed by atoms with Crippen LogP contribution in [0, 0.1) is 0 Å². The van der Waals surface area contributed by atoms with E-state index in [4.69, 9.17) is 23.2 Å². The molecule has 3 rings (SSSR count). The fraction of sp³-hybridized carbons (Fsp3) is 0.250. The average molecular weight is 390 g/mol. The van der Waals surface area contributed by atoms with Crippen molar-refractivity contribution in [2.75, 3.05) is 11.9 Å². The summed E-state index contributed by atoms with van der Waals surface area (Å²) in [5, 5.41) is 2.82. The van der Waals surface area contributed by atoms with E-state index in [1.165, 1.54) is 24.3 Å². The number of carbonyl (C=O) groups excluding carboxylic acids is 1. The van der Waals surface area contributed by atoms with Crippen molar-refractivity contribution in [1.82, 2.24) is 9.88 Å². The summed E-state index contributed by atoms with van der Waals surface area (Å²) in [5.74, 6) is -0.544. The van der Waals surface area contributed by atoms with Gasteiger partial charge in [-0.3, -0.25) is 9.69 Å². The Morgan fingerprint density at radius 1 is 1.24 bits per heavy atom. The van der Waals surface area contributed by atoms with Gasteiger partial charge in [-0.1, -0.05) is 29.3 Å². The van der Waals surface area contributed by atoms with Crippen LogP contribution in [0.15, 0.2) is 36.4 Å². The highest BCUT2D eigenvalue weighted by Crippen LogP contribution is 2.43. The van der Waals surface area contributed by atoms with E-state index in [2.05, 4.69) is 10.3 Å². The highest BCUT2D eigenvalue weighted by atomic mass is 35.5. The second-order valence-electron chi connectivity index (χ2n) is 5.58. The molecule has 9 heteroatoms. The van der Waals surface area contributed by atoms with Gasteiger partial charge in [0.15, 0.2) is 0 Å². The molecule has 1 unspecified atom stereocenters. The van der Waals surface area contributed by atoms with Gasteiger partial charge in [0.1, 0.15) is 11.2 Å². The second kappa shape index (κ2) is 6.82. The summed E-state index contributed by atoms with van der Waals surface area (Å²) in [6.45, 7) is -0.630. The molecular formula is C16H12Cl2F3N3O. The number of hydrogen-bond donors (Lipinski definition) is 1. The molecule has 0 saturated heterocycles. The van der Waals surface area contributed by atoms with E-state index < -0.39 is 24.7 Å². The Morgan fingerprint density at radius 3 is 2.68 bits per heavy atom. The molecular weight excluding hydrogens is 378 g/mol. The van der Waals surface area contributed by atoms with Crippen molar-refractivity contribution in [2.45, 2.75) is 18.8 Å². The molecule has 1 aliphatic rings. The standard InChI is InChI=1S/C16H12Cl2F3N3O/c17-9-4-5-12-11(6-9)15(16(19,20)21)24(8-14(25)23-12)7-10-2-1-3-13(18)22-10/h1-6,15H,7-8H2,(H,23,25). The third-order valence-electron chi connectivity index (χ3n) is 3.74. The smallest absolute Gasteiger partial charge is 0.325 e. The first-order chi connectivity index (χ1) is 11.7. The first kappa shape index (κ1) is 18.0. The zero-order valence-corrected chi connectivity index (χ0v) is 14.2. The van der Waals surface area contributed by atoms with Crippen LogP contribution in [0.3, 0.4) is 0 Å². The molecule has 25 heavy (non-hydrogen) atoms. The number of alkyl halides is 3. The van der Waals surface area contributed by atoms with Crippen LogP contribution >= 0.6 is 23.2 Å². The van der Waals surface area contributed by atoms with Gasteiger partial charge < -0.3 is 5.32 Å². The van der Waals surface area contributed by atoms with Gasteiger partial charge in [-0.05, 0) is 30.3 Å². The summed E-state index contributed by atoms with van der Waals surface area (Å²) in [6, 6.07) is 6.70. The number of carbonyl (C=O) groups is 1. The van der Waals surface area contributed by atoms with Gasteiger partial charge in [0.05, 0.1) is 12.2 Å². The minimum atomic E-state index is -4.61. The lowest BCUT2D eigenvalue weighted by atomic mass is 10.0. The van der Waals surface area contributed by atoms with Crippen LogP contribution in [0.2, 0.25) is 10.2 Å². The molecule has 1 aromatic carbocycles. The fourth-order valence-electron chi connectivity index (χ4n) is 2.81. The molecule has 0 bridgehead atoms. The maximum absolute atomic E-state index is 13.8. The minimum Gasteiger partial charge on any atom is -0.325 e. The number of hydrogen-bond acceptors (Lipinski definition) is 3. The first-order valence-electron chi connectivity index (χ1n) is 7.25. The number of anilines is 1. The topological polar surface area (TPSA) is 45.2 Å². The van der Waals surface area contributed by atoms with Crippen molar-refractivity contribution >= 4 is 34.8 Å². The Labute approximate surface area is 151 Å². The van der Waals surface area contributed by atoms with E-state index in [0.717, 1.165) is 4.90 Å². The van der Waals surface area contributed by atoms with E-state index in [1.54, 1.807) is 12.1 Å². The monoisotopic (exact) mass is 389 g/mol. The van der Waals surface area contributed by atoms with E-state index >= 15 is 0 Å². The number of pyridine rings is 1. The van der Waals surface area contributed by atoms with E-state index in [-0.39, 0.29) is 28.0 Å². The Kier molecular flexibility index (Phi) is 4.90. The molecule has 2 aromatic rings. The van der Waals surface area contributed by atoms with Crippen molar-refractivity contribution in [3.05, 3.63) is 57.8 Å². The fourth-order valence-corrected chi connectivity index (χ4v) is 3.17. The van der Waals surface area contributed by atoms with E-state index in [9.17, 15) is 18.0 Å². The van der Waals surface area contributed by atoms with E-state index in [0.29, 0.717) is 5.69 Å². The predicted octanol–water partition coefficient (Wildman–Crippen LogP) is 4.45. The third-order valence-corrected chi connectivity index (χ3v) is 4.19. The van der Waals surface area contributed by atoms with E-state index in [1.807, 2.05) is 0 Å². The van der Waals surface area contributed by atoms with Crippen LogP contribution in [-0.4, -0.2) is 28.5 Å². The largest absolute Gasteiger partial charge is 0.408 e. The lowest BCUT2D eigenvalue weighted by molar-refractivity contribution is -0.187. The normalized spacial score (nSPS) is 18.4. The Hall–Kier alpha value is -1.83. The van der Waals surface area contributed by atoms with Crippen molar-refractivity contribution in [3.8, 4) is 0 Å². The summed E-state index contributed by atoms with van der Waals surface area (Å²) >= 11 is 11.7. The minimum absolute atomic E-state index is 0.0956. The van der Waals surface area contributed by atoms with Crippen molar-refractivity contribution in [3.63, 3.8) is 0 Å². The molecule has 0 fully saturated rings. The van der Waals surface area contributed by atoms with Gasteiger partial charge in [-0.25, -0.2) is 4.98 Å². The van der Waals surface area contributed by atoms with Gasteiger partial charge in [-0.15, -0.1) is 0 Å². The molecule has 0 saturated carbocycles. The first-order valence-corrected chi connectivity index (χ1v) is 8.01. The van der Waals surface area contributed by atoms with Crippen LogP contribution < -0.4 is 5.32 Å². The zero-order chi connectivity index (χ0) is 18.2. The molecule has 0 spiro atoms. The van der Waals surface area contributed by atoms with Crippen molar-refractivity contribution in [2.24, 2.45) is 0 Å². The molecule has 1 aliphatic heterocycles. The van der Waals surface area contributed by atoms with Crippen LogP contribution in [0.5, 0.6) is 0 Å². The van der Waals surface area contributed by atoms with Crippen LogP contribution in [-0.2, 0) is 11.3 Å². The summed E-state index contributed by atoms with van der Waals surface area (Å²) in [5.41, 5.74) is 0.325. The number of nitrogens with one attached hydrogen (secondary N) is 1. The zero-order valence-electron chi connectivity index (χ0n) is 12.6. The highest BCUT2D eigenvalue weighted by molar-refractivity contribution is 6.30. The Balaban J connectivity index is 2.07. The summed E-state index contributed by atoms with van der Waals surface area (Å²) in [7, 11) is 0. The Bertz CT molecular complexity index is 813. The molecule has 4 nitrogen and oxygen atoms in total. The average Bonchev–Trinajstić information content (AvgIpc) is 2.61. The number of rotatable bonds is 2. The Morgan fingerprint density at radius 2 is 2.00 bits per heavy atom. The maximum atomic E-state index is 13.8. The molecule has 1 amide bonds. The SMILES string of the molecule is O=C1CN(Cc2cccc(Cl)n2)C(C(F)(F)F)c2cc(Cl)ccc2N1. The molecule has 1 aromatic heterocycles. The van der Waals surface area contributed by atoms with Gasteiger partial charge in [0.2, 0.25) is 5.91 Å². The maximum Gasteiger partial charge on any atom is 0.408 e. The molecule has 0 aliphatic carbocycles. The summed E-state index contributed by atoms with van der Waals surface area (Å²) < 4.78 is 41.5. The van der Waals surface area contributed by atoms with Gasteiger partial charge in [-0.2, -0.15) is 13.2 Å². The highest BCUT2D eigenvalue weighted by Gasteiger charge is 2.47. The number of amides is 1. The number of nitrogens with zero attached hydrogens (tertiary/aromatic N) is 2. The quantitative estimate of drug-likeness (QED) is 0.771. The van der Waals surface area contributed by atoms with Gasteiger partial charge >= 0.3 is 6.18 Å². The predicted molar refractivity (Wildman–Crippen MR) is 88.5 cm³/mol.